The Bertz CT molecular complexity index is 544. The molecule has 0 bridgehead atoms. The Labute approximate surface area is 129 Å². The summed E-state index contributed by atoms with van der Waals surface area (Å²) in [5.41, 5.74) is 0.926. The Morgan fingerprint density at radius 2 is 2.05 bits per heavy atom. The summed E-state index contributed by atoms with van der Waals surface area (Å²) in [6.07, 6.45) is 1.61. The third-order valence-electron chi connectivity index (χ3n) is 3.61. The summed E-state index contributed by atoms with van der Waals surface area (Å²) >= 11 is 0. The van der Waals surface area contributed by atoms with Crippen molar-refractivity contribution in [2.24, 2.45) is 0 Å². The van der Waals surface area contributed by atoms with Crippen molar-refractivity contribution < 1.29 is 19.1 Å². The fourth-order valence-corrected chi connectivity index (χ4v) is 2.47. The van der Waals surface area contributed by atoms with Crippen molar-refractivity contribution in [2.75, 3.05) is 20.2 Å². The SMILES string of the molecule is COC(=O)[C@@H](Cc1ccccc1)NC(=O)CN1CCCC1=O. The van der Waals surface area contributed by atoms with Crippen LogP contribution in [0, 0.1) is 0 Å². The Balaban J connectivity index is 1.95. The lowest BCUT2D eigenvalue weighted by Crippen LogP contribution is -2.47. The van der Waals surface area contributed by atoms with Gasteiger partial charge in [-0.05, 0) is 12.0 Å². The van der Waals surface area contributed by atoms with E-state index < -0.39 is 12.0 Å². The molecule has 2 amide bonds. The summed E-state index contributed by atoms with van der Waals surface area (Å²) in [7, 11) is 1.29. The minimum atomic E-state index is -0.752. The van der Waals surface area contributed by atoms with E-state index in [-0.39, 0.29) is 18.4 Å². The number of amides is 2. The van der Waals surface area contributed by atoms with Gasteiger partial charge in [0.1, 0.15) is 6.04 Å². The highest BCUT2D eigenvalue weighted by molar-refractivity contribution is 5.89. The van der Waals surface area contributed by atoms with Gasteiger partial charge in [-0.3, -0.25) is 9.59 Å². The van der Waals surface area contributed by atoms with E-state index in [0.29, 0.717) is 19.4 Å². The molecule has 1 saturated heterocycles. The summed E-state index contributed by atoms with van der Waals surface area (Å²) in [5, 5.41) is 2.66. The highest BCUT2D eigenvalue weighted by atomic mass is 16.5. The van der Waals surface area contributed by atoms with E-state index in [2.05, 4.69) is 5.32 Å². The molecule has 6 nitrogen and oxygen atoms in total. The predicted octanol–water partition coefficient (Wildman–Crippen LogP) is 0.509. The van der Waals surface area contributed by atoms with Crippen LogP contribution in [-0.4, -0.2) is 48.9 Å². The molecule has 1 aromatic rings. The molecule has 1 N–H and O–H groups in total. The fourth-order valence-electron chi connectivity index (χ4n) is 2.47. The van der Waals surface area contributed by atoms with Gasteiger partial charge in [-0.2, -0.15) is 0 Å². The summed E-state index contributed by atoms with van der Waals surface area (Å²) in [6.45, 7) is 0.578. The minimum absolute atomic E-state index is 0.0128. The van der Waals surface area contributed by atoms with Crippen LogP contribution >= 0.6 is 0 Å². The zero-order valence-corrected chi connectivity index (χ0v) is 12.6. The summed E-state index contributed by atoms with van der Waals surface area (Å²) in [4.78, 5) is 36.9. The lowest BCUT2D eigenvalue weighted by molar-refractivity contribution is -0.145. The molecule has 0 aromatic heterocycles. The molecule has 0 saturated carbocycles. The van der Waals surface area contributed by atoms with Crippen molar-refractivity contribution in [3.63, 3.8) is 0 Å². The first kappa shape index (κ1) is 16.0. The molecule has 1 aromatic carbocycles. The zero-order valence-electron chi connectivity index (χ0n) is 12.6. The lowest BCUT2D eigenvalue weighted by atomic mass is 10.1. The third kappa shape index (κ3) is 4.31. The topological polar surface area (TPSA) is 75.7 Å². The molecule has 0 radical (unpaired) electrons. The van der Waals surface area contributed by atoms with Crippen LogP contribution in [0.2, 0.25) is 0 Å². The molecule has 0 spiro atoms. The standard InChI is InChI=1S/C16H20N2O4/c1-22-16(21)13(10-12-6-3-2-4-7-12)17-14(19)11-18-9-5-8-15(18)20/h2-4,6-7,13H,5,8-11H2,1H3,(H,17,19)/t13-/m1/s1. The number of hydrogen-bond acceptors (Lipinski definition) is 4. The van der Waals surface area contributed by atoms with Gasteiger partial charge in [0.15, 0.2) is 0 Å². The second-order valence-corrected chi connectivity index (χ2v) is 5.25. The molecule has 0 aliphatic carbocycles. The first-order valence-corrected chi connectivity index (χ1v) is 7.29. The average molecular weight is 304 g/mol. The van der Waals surface area contributed by atoms with Crippen molar-refractivity contribution >= 4 is 17.8 Å². The van der Waals surface area contributed by atoms with Crippen molar-refractivity contribution in [2.45, 2.75) is 25.3 Å². The fraction of sp³-hybridized carbons (Fsp3) is 0.438. The van der Waals surface area contributed by atoms with Crippen LogP contribution in [0.25, 0.3) is 0 Å². The van der Waals surface area contributed by atoms with Gasteiger partial charge in [-0.25, -0.2) is 4.79 Å². The number of ether oxygens (including phenoxy) is 1. The molecule has 22 heavy (non-hydrogen) atoms. The van der Waals surface area contributed by atoms with Gasteiger partial charge in [0.2, 0.25) is 11.8 Å². The first-order chi connectivity index (χ1) is 10.6. The van der Waals surface area contributed by atoms with Crippen LogP contribution in [0.4, 0.5) is 0 Å². The van der Waals surface area contributed by atoms with Crippen LogP contribution in [0.1, 0.15) is 18.4 Å². The third-order valence-corrected chi connectivity index (χ3v) is 3.61. The number of hydrogen-bond donors (Lipinski definition) is 1. The van der Waals surface area contributed by atoms with E-state index in [1.807, 2.05) is 30.3 Å². The molecule has 1 aliphatic heterocycles. The van der Waals surface area contributed by atoms with E-state index in [4.69, 9.17) is 4.74 Å². The number of nitrogens with one attached hydrogen (secondary N) is 1. The summed E-state index contributed by atoms with van der Waals surface area (Å²) in [6, 6.07) is 8.63. The molecule has 2 rings (SSSR count). The number of methoxy groups -OCH3 is 1. The van der Waals surface area contributed by atoms with Gasteiger partial charge in [0.05, 0.1) is 13.7 Å². The Morgan fingerprint density at radius 3 is 2.64 bits per heavy atom. The number of nitrogens with zero attached hydrogens (tertiary/aromatic N) is 1. The van der Waals surface area contributed by atoms with Crippen molar-refractivity contribution in [3.05, 3.63) is 35.9 Å². The quantitative estimate of drug-likeness (QED) is 0.777. The molecule has 6 heteroatoms. The van der Waals surface area contributed by atoms with Gasteiger partial charge in [0.25, 0.3) is 0 Å². The van der Waals surface area contributed by atoms with Crippen molar-refractivity contribution in [1.82, 2.24) is 10.2 Å². The summed E-state index contributed by atoms with van der Waals surface area (Å²) < 4.78 is 4.74. The first-order valence-electron chi connectivity index (χ1n) is 7.29. The highest BCUT2D eigenvalue weighted by Crippen LogP contribution is 2.09. The second kappa shape index (κ2) is 7.59. The molecule has 0 unspecified atom stereocenters. The van der Waals surface area contributed by atoms with Gasteiger partial charge in [-0.1, -0.05) is 30.3 Å². The smallest absolute Gasteiger partial charge is 0.328 e. The second-order valence-electron chi connectivity index (χ2n) is 5.25. The highest BCUT2D eigenvalue weighted by Gasteiger charge is 2.26. The maximum Gasteiger partial charge on any atom is 0.328 e. The Kier molecular flexibility index (Phi) is 5.52. The van der Waals surface area contributed by atoms with E-state index in [1.54, 1.807) is 0 Å². The van der Waals surface area contributed by atoms with Gasteiger partial charge in [0, 0.05) is 19.4 Å². The molecular weight excluding hydrogens is 284 g/mol. The molecule has 118 valence electrons. The molecule has 1 atom stereocenters. The van der Waals surface area contributed by atoms with Crippen molar-refractivity contribution in [1.29, 1.82) is 0 Å². The van der Waals surface area contributed by atoms with E-state index in [1.165, 1.54) is 12.0 Å². The van der Waals surface area contributed by atoms with Crippen LogP contribution in [0.15, 0.2) is 30.3 Å². The maximum atomic E-state index is 12.1. The Hall–Kier alpha value is -2.37. The largest absolute Gasteiger partial charge is 0.467 e. The molecule has 1 heterocycles. The van der Waals surface area contributed by atoms with Crippen LogP contribution < -0.4 is 5.32 Å². The van der Waals surface area contributed by atoms with Gasteiger partial charge < -0.3 is 15.0 Å². The minimum Gasteiger partial charge on any atom is -0.467 e. The summed E-state index contributed by atoms with van der Waals surface area (Å²) in [5.74, 6) is -0.862. The number of esters is 1. The number of carbonyl (C=O) groups is 3. The van der Waals surface area contributed by atoms with Gasteiger partial charge >= 0.3 is 5.97 Å². The predicted molar refractivity (Wildman–Crippen MR) is 79.9 cm³/mol. The lowest BCUT2D eigenvalue weighted by Gasteiger charge is -2.19. The van der Waals surface area contributed by atoms with E-state index in [9.17, 15) is 14.4 Å². The molecule has 1 aliphatic rings. The molecule has 1 fully saturated rings. The molecular formula is C16H20N2O4. The number of benzene rings is 1. The van der Waals surface area contributed by atoms with Crippen molar-refractivity contribution in [3.8, 4) is 0 Å². The van der Waals surface area contributed by atoms with Crippen LogP contribution in [0.3, 0.4) is 0 Å². The van der Waals surface area contributed by atoms with E-state index >= 15 is 0 Å². The maximum absolute atomic E-state index is 12.1. The van der Waals surface area contributed by atoms with E-state index in [0.717, 1.165) is 12.0 Å². The Morgan fingerprint density at radius 1 is 1.32 bits per heavy atom. The number of likely N-dealkylation sites (tertiary alicyclic amines) is 1. The van der Waals surface area contributed by atoms with Crippen LogP contribution in [0.5, 0.6) is 0 Å². The average Bonchev–Trinajstić information content (AvgIpc) is 2.92. The number of rotatable bonds is 6. The van der Waals surface area contributed by atoms with Gasteiger partial charge in [-0.15, -0.1) is 0 Å². The van der Waals surface area contributed by atoms with Crippen LogP contribution in [-0.2, 0) is 25.5 Å². The number of carbonyl (C=O) groups excluding carboxylic acids is 3. The normalized spacial score (nSPS) is 15.5. The zero-order chi connectivity index (χ0) is 15.9. The monoisotopic (exact) mass is 304 g/mol.